The van der Waals surface area contributed by atoms with Gasteiger partial charge in [0.25, 0.3) is 0 Å². The molecule has 2 aromatic carbocycles. The smallest absolute Gasteiger partial charge is 0.308 e. The van der Waals surface area contributed by atoms with E-state index in [1.807, 2.05) is 4.90 Å². The molecule has 0 spiro atoms. The maximum Gasteiger partial charge on any atom is 0.308 e. The summed E-state index contributed by atoms with van der Waals surface area (Å²) < 4.78 is 5.03. The van der Waals surface area contributed by atoms with Crippen molar-refractivity contribution < 1.29 is 23.9 Å². The molecule has 0 aromatic heterocycles. The Kier molecular flexibility index (Phi) is 5.10. The Morgan fingerprint density at radius 2 is 1.62 bits per heavy atom. The summed E-state index contributed by atoms with van der Waals surface area (Å²) in [6.07, 6.45) is 1.67. The number of Topliss-reactive ketones (excluding diaryl/α,β-unsaturated/α-hetero) is 1. The third kappa shape index (κ3) is 3.24. The molecule has 32 heavy (non-hydrogen) atoms. The van der Waals surface area contributed by atoms with Crippen LogP contribution >= 0.6 is 11.6 Å². The van der Waals surface area contributed by atoms with Crippen LogP contribution in [0.3, 0.4) is 0 Å². The zero-order valence-electron chi connectivity index (χ0n) is 17.4. The first-order valence-corrected chi connectivity index (χ1v) is 11.0. The van der Waals surface area contributed by atoms with Gasteiger partial charge in [0, 0.05) is 23.6 Å². The summed E-state index contributed by atoms with van der Waals surface area (Å²) in [6, 6.07) is 12.1. The summed E-state index contributed by atoms with van der Waals surface area (Å²) in [6.45, 7) is 1.99. The van der Waals surface area contributed by atoms with Gasteiger partial charge in [-0.25, -0.2) is 4.90 Å². The average Bonchev–Trinajstić information content (AvgIpc) is 3.41. The minimum absolute atomic E-state index is 0.122. The van der Waals surface area contributed by atoms with Crippen LogP contribution in [0.4, 0.5) is 5.69 Å². The number of imide groups is 1. The maximum atomic E-state index is 13.5. The van der Waals surface area contributed by atoms with Gasteiger partial charge in [-0.15, -0.1) is 0 Å². The third-order valence-electron chi connectivity index (χ3n) is 6.61. The summed E-state index contributed by atoms with van der Waals surface area (Å²) in [4.78, 5) is 54.8. The van der Waals surface area contributed by atoms with Crippen LogP contribution in [-0.4, -0.2) is 47.1 Å². The van der Waals surface area contributed by atoms with Crippen LogP contribution in [0.5, 0.6) is 5.75 Å². The molecule has 7 nitrogen and oxygen atoms in total. The van der Waals surface area contributed by atoms with Gasteiger partial charge in [-0.05, 0) is 67.9 Å². The lowest BCUT2D eigenvalue weighted by Crippen LogP contribution is -2.46. The van der Waals surface area contributed by atoms with Gasteiger partial charge in [0.15, 0.2) is 5.78 Å². The second-order valence-electron chi connectivity index (χ2n) is 8.41. The first-order chi connectivity index (χ1) is 15.4. The van der Waals surface area contributed by atoms with Gasteiger partial charge in [0.2, 0.25) is 11.8 Å². The SMILES string of the molecule is CC(=O)Oc1ccc(N2C(=O)[C@@H]3[C@H](C2=O)[C@@H](C(=O)c2ccc(Cl)cc2)N2CCC[C@H]32)cc1. The van der Waals surface area contributed by atoms with E-state index in [4.69, 9.17) is 16.3 Å². The highest BCUT2D eigenvalue weighted by Crippen LogP contribution is 2.48. The van der Waals surface area contributed by atoms with Gasteiger partial charge in [-0.2, -0.15) is 0 Å². The Morgan fingerprint density at radius 1 is 0.969 bits per heavy atom. The highest BCUT2D eigenvalue weighted by molar-refractivity contribution is 6.30. The van der Waals surface area contributed by atoms with E-state index in [9.17, 15) is 19.2 Å². The van der Waals surface area contributed by atoms with E-state index in [1.54, 1.807) is 48.5 Å². The Morgan fingerprint density at radius 3 is 2.28 bits per heavy atom. The molecule has 3 saturated heterocycles. The zero-order chi connectivity index (χ0) is 22.6. The van der Waals surface area contributed by atoms with Crippen molar-refractivity contribution in [3.63, 3.8) is 0 Å². The summed E-state index contributed by atoms with van der Waals surface area (Å²) in [5, 5.41) is 0.528. The average molecular weight is 453 g/mol. The second-order valence-corrected chi connectivity index (χ2v) is 8.85. The van der Waals surface area contributed by atoms with Crippen molar-refractivity contribution in [1.82, 2.24) is 4.90 Å². The first-order valence-electron chi connectivity index (χ1n) is 10.6. The third-order valence-corrected chi connectivity index (χ3v) is 6.86. The lowest BCUT2D eigenvalue weighted by atomic mass is 9.85. The fourth-order valence-corrected chi connectivity index (χ4v) is 5.51. The standard InChI is InChI=1S/C24H21ClN2O5/c1-13(28)32-17-10-8-16(9-11-17)27-23(30)19-18-3-2-12-26(18)21(20(19)24(27)31)22(29)14-4-6-15(25)7-5-14/h4-11,18-21H,2-3,12H2,1H3/t18-,19+,20+,21+/m1/s1. The number of amides is 2. The molecular formula is C24H21ClN2O5. The lowest BCUT2D eigenvalue weighted by molar-refractivity contribution is -0.132. The highest BCUT2D eigenvalue weighted by Gasteiger charge is 2.64. The highest BCUT2D eigenvalue weighted by atomic mass is 35.5. The van der Waals surface area contributed by atoms with Crippen molar-refractivity contribution in [2.75, 3.05) is 11.4 Å². The fourth-order valence-electron chi connectivity index (χ4n) is 5.38. The Bertz CT molecular complexity index is 1110. The number of hydrogen-bond donors (Lipinski definition) is 0. The molecule has 2 amide bonds. The minimum atomic E-state index is -0.718. The second kappa shape index (κ2) is 7.83. The number of benzene rings is 2. The van der Waals surface area contributed by atoms with Crippen LogP contribution in [0.2, 0.25) is 5.02 Å². The summed E-state index contributed by atoms with van der Waals surface area (Å²) in [7, 11) is 0. The molecule has 0 saturated carbocycles. The molecule has 5 rings (SSSR count). The van der Waals surface area contributed by atoms with Crippen LogP contribution in [0, 0.1) is 11.8 Å². The van der Waals surface area contributed by atoms with E-state index in [2.05, 4.69) is 0 Å². The van der Waals surface area contributed by atoms with Gasteiger partial charge in [0.05, 0.1) is 23.6 Å². The van der Waals surface area contributed by atoms with Crippen LogP contribution in [0.1, 0.15) is 30.1 Å². The predicted octanol–water partition coefficient (Wildman–Crippen LogP) is 3.10. The molecule has 4 atom stereocenters. The van der Waals surface area contributed by atoms with Gasteiger partial charge in [0.1, 0.15) is 5.75 Å². The molecule has 0 N–H and O–H groups in total. The lowest BCUT2D eigenvalue weighted by Gasteiger charge is -2.27. The van der Waals surface area contributed by atoms with E-state index in [0.717, 1.165) is 12.8 Å². The monoisotopic (exact) mass is 452 g/mol. The molecule has 2 aromatic rings. The van der Waals surface area contributed by atoms with Crippen molar-refractivity contribution >= 4 is 40.9 Å². The molecule has 3 aliphatic heterocycles. The topological polar surface area (TPSA) is 84.0 Å². The molecule has 3 fully saturated rings. The van der Waals surface area contributed by atoms with Gasteiger partial charge >= 0.3 is 5.97 Å². The van der Waals surface area contributed by atoms with Crippen molar-refractivity contribution in [3.05, 3.63) is 59.1 Å². The Labute approximate surface area is 189 Å². The first kappa shape index (κ1) is 20.8. The summed E-state index contributed by atoms with van der Waals surface area (Å²) in [5.74, 6) is -2.17. The predicted molar refractivity (Wildman–Crippen MR) is 117 cm³/mol. The molecular weight excluding hydrogens is 432 g/mol. The zero-order valence-corrected chi connectivity index (χ0v) is 18.1. The van der Waals surface area contributed by atoms with E-state index in [0.29, 0.717) is 28.6 Å². The molecule has 3 aliphatic rings. The van der Waals surface area contributed by atoms with E-state index >= 15 is 0 Å². The molecule has 0 bridgehead atoms. The molecule has 0 aliphatic carbocycles. The number of rotatable bonds is 4. The summed E-state index contributed by atoms with van der Waals surface area (Å²) in [5.41, 5.74) is 0.891. The van der Waals surface area contributed by atoms with Crippen LogP contribution in [0.25, 0.3) is 0 Å². The number of carbonyl (C=O) groups excluding carboxylic acids is 4. The van der Waals surface area contributed by atoms with E-state index < -0.39 is 23.8 Å². The van der Waals surface area contributed by atoms with Crippen LogP contribution in [-0.2, 0) is 14.4 Å². The van der Waals surface area contributed by atoms with Crippen molar-refractivity contribution in [3.8, 4) is 5.75 Å². The van der Waals surface area contributed by atoms with Crippen LogP contribution < -0.4 is 9.64 Å². The number of ether oxygens (including phenoxy) is 1. The molecule has 0 radical (unpaired) electrons. The molecule has 3 heterocycles. The fraction of sp³-hybridized carbons (Fsp3) is 0.333. The van der Waals surface area contributed by atoms with Crippen molar-refractivity contribution in [2.24, 2.45) is 11.8 Å². The Balaban J connectivity index is 1.48. The number of halogens is 1. The molecule has 164 valence electrons. The van der Waals surface area contributed by atoms with Crippen molar-refractivity contribution in [2.45, 2.75) is 31.8 Å². The summed E-state index contributed by atoms with van der Waals surface area (Å²) >= 11 is 5.97. The maximum absolute atomic E-state index is 13.5. The normalized spacial score (nSPS) is 26.9. The Hall–Kier alpha value is -3.03. The number of fused-ring (bicyclic) bond motifs is 3. The quantitative estimate of drug-likeness (QED) is 0.307. The van der Waals surface area contributed by atoms with E-state index in [-0.39, 0.29) is 23.6 Å². The van der Waals surface area contributed by atoms with Gasteiger partial charge in [-0.1, -0.05) is 11.6 Å². The number of hydrogen-bond acceptors (Lipinski definition) is 6. The van der Waals surface area contributed by atoms with Gasteiger partial charge < -0.3 is 4.74 Å². The molecule has 0 unspecified atom stereocenters. The number of ketones is 1. The van der Waals surface area contributed by atoms with Crippen molar-refractivity contribution in [1.29, 1.82) is 0 Å². The molecule has 8 heteroatoms. The number of anilines is 1. The van der Waals surface area contributed by atoms with Gasteiger partial charge in [-0.3, -0.25) is 24.1 Å². The number of esters is 1. The van der Waals surface area contributed by atoms with E-state index in [1.165, 1.54) is 11.8 Å². The largest absolute Gasteiger partial charge is 0.427 e. The van der Waals surface area contributed by atoms with Crippen LogP contribution in [0.15, 0.2) is 48.5 Å². The number of carbonyl (C=O) groups is 4. The minimum Gasteiger partial charge on any atom is -0.427 e. The number of nitrogens with zero attached hydrogens (tertiary/aromatic N) is 2.